The number of nitrogens with one attached hydrogen (secondary N) is 1. The van der Waals surface area contributed by atoms with Crippen molar-refractivity contribution in [2.45, 2.75) is 49.9 Å². The number of rotatable bonds is 5. The van der Waals surface area contributed by atoms with Crippen molar-refractivity contribution in [2.24, 2.45) is 0 Å². The van der Waals surface area contributed by atoms with Crippen LogP contribution in [-0.2, 0) is 14.8 Å². The van der Waals surface area contributed by atoms with Crippen LogP contribution in [-0.4, -0.2) is 55.3 Å². The summed E-state index contributed by atoms with van der Waals surface area (Å²) in [7, 11) is -3.17. The van der Waals surface area contributed by atoms with Crippen LogP contribution >= 0.6 is 0 Å². The summed E-state index contributed by atoms with van der Waals surface area (Å²) in [5, 5.41) is 3.36. The summed E-state index contributed by atoms with van der Waals surface area (Å²) in [5.74, 6) is 0. The highest BCUT2D eigenvalue weighted by molar-refractivity contribution is 7.89. The van der Waals surface area contributed by atoms with Gasteiger partial charge in [-0.1, -0.05) is 0 Å². The lowest BCUT2D eigenvalue weighted by Crippen LogP contribution is -2.49. The van der Waals surface area contributed by atoms with E-state index in [1.165, 1.54) is 5.56 Å². The van der Waals surface area contributed by atoms with Crippen LogP contribution in [0.5, 0.6) is 0 Å². The molecule has 0 radical (unpaired) electrons. The third-order valence-corrected chi connectivity index (χ3v) is 7.49. The molecule has 1 N–H and O–H groups in total. The molecule has 0 aromatic carbocycles. The van der Waals surface area contributed by atoms with E-state index in [0.29, 0.717) is 45.2 Å². The van der Waals surface area contributed by atoms with E-state index in [0.717, 1.165) is 12.8 Å². The van der Waals surface area contributed by atoms with Gasteiger partial charge in [-0.25, -0.2) is 12.7 Å². The van der Waals surface area contributed by atoms with Crippen molar-refractivity contribution < 1.29 is 13.2 Å². The fourth-order valence-corrected chi connectivity index (χ4v) is 5.49. The van der Waals surface area contributed by atoms with Crippen molar-refractivity contribution in [3.05, 3.63) is 30.1 Å². The normalized spacial score (nSPS) is 23.2. The largest absolute Gasteiger partial charge is 0.381 e. The summed E-state index contributed by atoms with van der Waals surface area (Å²) in [6, 6.07) is 4.64. The zero-order chi connectivity index (χ0) is 17.0. The standard InChI is InChI=1S/C17H27N3O3S/c1-14(15-2-8-18-9-3-15)19-16-4-10-20(11-5-16)24(21,22)17-6-12-23-13-7-17/h2-3,8-9,14,16-17,19H,4-7,10-13H2,1H3. The van der Waals surface area contributed by atoms with Gasteiger partial charge in [-0.15, -0.1) is 0 Å². The molecule has 1 aromatic rings. The minimum absolute atomic E-state index is 0.247. The Morgan fingerprint density at radius 1 is 1.17 bits per heavy atom. The molecule has 0 amide bonds. The van der Waals surface area contributed by atoms with Crippen LogP contribution in [0.15, 0.2) is 24.5 Å². The second kappa shape index (κ2) is 7.91. The first-order valence-electron chi connectivity index (χ1n) is 8.80. The van der Waals surface area contributed by atoms with Gasteiger partial charge in [-0.3, -0.25) is 4.98 Å². The van der Waals surface area contributed by atoms with Gasteiger partial charge < -0.3 is 10.1 Å². The van der Waals surface area contributed by atoms with Crippen LogP contribution in [0.3, 0.4) is 0 Å². The minimum atomic E-state index is -3.17. The van der Waals surface area contributed by atoms with E-state index in [-0.39, 0.29) is 11.3 Å². The quantitative estimate of drug-likeness (QED) is 0.872. The third-order valence-electron chi connectivity index (χ3n) is 5.10. The summed E-state index contributed by atoms with van der Waals surface area (Å²) < 4.78 is 32.4. The number of hydrogen-bond acceptors (Lipinski definition) is 5. The van der Waals surface area contributed by atoms with E-state index >= 15 is 0 Å². The molecular formula is C17H27N3O3S. The predicted octanol–water partition coefficient (Wildman–Crippen LogP) is 1.71. The molecule has 1 unspecified atom stereocenters. The Kier molecular flexibility index (Phi) is 5.86. The van der Waals surface area contributed by atoms with Gasteiger partial charge in [0.15, 0.2) is 0 Å². The number of ether oxygens (including phenoxy) is 1. The fraction of sp³-hybridized carbons (Fsp3) is 0.706. The maximum Gasteiger partial charge on any atom is 0.217 e. The summed E-state index contributed by atoms with van der Waals surface area (Å²) in [6.45, 7) is 4.48. The smallest absolute Gasteiger partial charge is 0.217 e. The Hall–Kier alpha value is -1.02. The molecule has 134 valence electrons. The Morgan fingerprint density at radius 2 is 1.79 bits per heavy atom. The van der Waals surface area contributed by atoms with Gasteiger partial charge in [0.2, 0.25) is 10.0 Å². The highest BCUT2D eigenvalue weighted by atomic mass is 32.2. The van der Waals surface area contributed by atoms with Gasteiger partial charge in [-0.05, 0) is 50.3 Å². The highest BCUT2D eigenvalue weighted by Gasteiger charge is 2.35. The Labute approximate surface area is 144 Å². The molecule has 1 atom stereocenters. The number of pyridine rings is 1. The average Bonchev–Trinajstić information content (AvgIpc) is 2.63. The number of hydrogen-bond donors (Lipinski definition) is 1. The van der Waals surface area contributed by atoms with Gasteiger partial charge in [-0.2, -0.15) is 0 Å². The van der Waals surface area contributed by atoms with Crippen molar-refractivity contribution in [1.29, 1.82) is 0 Å². The molecule has 0 spiro atoms. The van der Waals surface area contributed by atoms with E-state index in [1.807, 2.05) is 12.1 Å². The maximum atomic E-state index is 12.7. The lowest BCUT2D eigenvalue weighted by atomic mass is 10.0. The van der Waals surface area contributed by atoms with Crippen LogP contribution in [0.2, 0.25) is 0 Å². The van der Waals surface area contributed by atoms with Gasteiger partial charge in [0.1, 0.15) is 0 Å². The van der Waals surface area contributed by atoms with Gasteiger partial charge >= 0.3 is 0 Å². The molecule has 2 saturated heterocycles. The second-order valence-corrected chi connectivity index (χ2v) is 8.91. The summed E-state index contributed by atoms with van der Waals surface area (Å²) >= 11 is 0. The first kappa shape index (κ1) is 17.8. The van der Waals surface area contributed by atoms with Crippen LogP contribution < -0.4 is 5.32 Å². The molecule has 0 saturated carbocycles. The molecular weight excluding hydrogens is 326 g/mol. The molecule has 3 rings (SSSR count). The number of nitrogens with zero attached hydrogens (tertiary/aromatic N) is 2. The zero-order valence-electron chi connectivity index (χ0n) is 14.2. The molecule has 24 heavy (non-hydrogen) atoms. The Balaban J connectivity index is 1.52. The van der Waals surface area contributed by atoms with E-state index < -0.39 is 10.0 Å². The Bertz CT molecular complexity index is 609. The second-order valence-electron chi connectivity index (χ2n) is 6.70. The highest BCUT2D eigenvalue weighted by Crippen LogP contribution is 2.24. The molecule has 0 aliphatic carbocycles. The summed E-state index contributed by atoms with van der Waals surface area (Å²) in [5.41, 5.74) is 1.21. The van der Waals surface area contributed by atoms with Crippen molar-refractivity contribution >= 4 is 10.0 Å². The topological polar surface area (TPSA) is 71.5 Å². The number of aromatic nitrogens is 1. The van der Waals surface area contributed by atoms with Crippen LogP contribution in [0.1, 0.15) is 44.2 Å². The van der Waals surface area contributed by atoms with Crippen LogP contribution in [0, 0.1) is 0 Å². The molecule has 2 fully saturated rings. The van der Waals surface area contributed by atoms with E-state index in [9.17, 15) is 8.42 Å². The monoisotopic (exact) mass is 353 g/mol. The van der Waals surface area contributed by atoms with E-state index in [2.05, 4.69) is 17.2 Å². The Morgan fingerprint density at radius 3 is 2.42 bits per heavy atom. The lowest BCUT2D eigenvalue weighted by Gasteiger charge is -2.36. The SMILES string of the molecule is CC(NC1CCN(S(=O)(=O)C2CCOCC2)CC1)c1ccncc1. The number of piperidine rings is 1. The molecule has 7 heteroatoms. The first-order chi connectivity index (χ1) is 11.6. The van der Waals surface area contributed by atoms with Gasteiger partial charge in [0.25, 0.3) is 0 Å². The fourth-order valence-electron chi connectivity index (χ4n) is 3.56. The van der Waals surface area contributed by atoms with Crippen molar-refractivity contribution in [1.82, 2.24) is 14.6 Å². The molecule has 1 aromatic heterocycles. The van der Waals surface area contributed by atoms with Crippen molar-refractivity contribution in [3.8, 4) is 0 Å². The lowest BCUT2D eigenvalue weighted by molar-refractivity contribution is 0.0968. The average molecular weight is 353 g/mol. The summed E-state index contributed by atoms with van der Waals surface area (Å²) in [6.07, 6.45) is 6.57. The van der Waals surface area contributed by atoms with Crippen LogP contribution in [0.25, 0.3) is 0 Å². The summed E-state index contributed by atoms with van der Waals surface area (Å²) in [4.78, 5) is 4.05. The first-order valence-corrected chi connectivity index (χ1v) is 10.3. The van der Waals surface area contributed by atoms with Crippen LogP contribution in [0.4, 0.5) is 0 Å². The van der Waals surface area contributed by atoms with E-state index in [1.54, 1.807) is 16.7 Å². The molecule has 2 aliphatic rings. The van der Waals surface area contributed by atoms with Crippen molar-refractivity contribution in [3.63, 3.8) is 0 Å². The maximum absolute atomic E-state index is 12.7. The van der Waals surface area contributed by atoms with E-state index in [4.69, 9.17) is 4.74 Å². The number of sulfonamides is 1. The minimum Gasteiger partial charge on any atom is -0.381 e. The molecule has 3 heterocycles. The predicted molar refractivity (Wildman–Crippen MR) is 93.1 cm³/mol. The van der Waals surface area contributed by atoms with Crippen molar-refractivity contribution in [2.75, 3.05) is 26.3 Å². The molecule has 6 nitrogen and oxygen atoms in total. The van der Waals surface area contributed by atoms with Gasteiger partial charge in [0.05, 0.1) is 5.25 Å². The third kappa shape index (κ3) is 4.14. The molecule has 0 bridgehead atoms. The van der Waals surface area contributed by atoms with Gasteiger partial charge in [0, 0.05) is 50.8 Å². The zero-order valence-corrected chi connectivity index (χ0v) is 15.0. The molecule has 2 aliphatic heterocycles.